The molecular weight excluding hydrogens is 405 g/mol. The van der Waals surface area contributed by atoms with Gasteiger partial charge in [0, 0.05) is 46.8 Å². The summed E-state index contributed by atoms with van der Waals surface area (Å²) in [4.78, 5) is 21.1. The molecule has 0 saturated carbocycles. The number of nitrogens with one attached hydrogen (secondary N) is 1. The number of benzene rings is 1. The number of pyridine rings is 1. The Labute approximate surface area is 169 Å². The molecule has 0 fully saturated rings. The summed E-state index contributed by atoms with van der Waals surface area (Å²) in [5.41, 5.74) is 8.55. The maximum Gasteiger partial charge on any atom is 0.433 e. The van der Waals surface area contributed by atoms with E-state index < -0.39 is 17.9 Å². The van der Waals surface area contributed by atoms with E-state index in [1.165, 1.54) is 6.07 Å². The first-order valence-electron chi connectivity index (χ1n) is 9.08. The summed E-state index contributed by atoms with van der Waals surface area (Å²) in [5, 5.41) is 1.72. The molecule has 3 heterocycles. The van der Waals surface area contributed by atoms with E-state index in [-0.39, 0.29) is 12.3 Å². The fourth-order valence-electron chi connectivity index (χ4n) is 3.65. The van der Waals surface area contributed by atoms with Crippen molar-refractivity contribution in [2.45, 2.75) is 31.6 Å². The van der Waals surface area contributed by atoms with E-state index in [2.05, 4.69) is 9.97 Å². The molecule has 1 atom stereocenters. The first-order chi connectivity index (χ1) is 13.7. The number of H-pyrrole nitrogens is 1. The second-order valence-corrected chi connectivity index (χ2v) is 7.56. The predicted octanol–water partition coefficient (Wildman–Crippen LogP) is 4.21. The summed E-state index contributed by atoms with van der Waals surface area (Å²) < 4.78 is 37.9. The van der Waals surface area contributed by atoms with Gasteiger partial charge in [-0.25, -0.2) is 0 Å². The molecule has 1 aliphatic heterocycles. The van der Waals surface area contributed by atoms with Crippen molar-refractivity contribution in [3.05, 3.63) is 64.1 Å². The van der Waals surface area contributed by atoms with Gasteiger partial charge < -0.3 is 15.6 Å². The highest BCUT2D eigenvalue weighted by Crippen LogP contribution is 2.31. The van der Waals surface area contributed by atoms with Gasteiger partial charge >= 0.3 is 6.18 Å². The SMILES string of the molecule is NC(CC(=O)N1CCc2c([nH]c3ccc(Cl)cc23)C1)c1ccc(C(F)(F)F)nc1. The zero-order valence-corrected chi connectivity index (χ0v) is 16.0. The molecule has 0 aliphatic carbocycles. The lowest BCUT2D eigenvalue weighted by atomic mass is 10.0. The third kappa shape index (κ3) is 3.95. The van der Waals surface area contributed by atoms with Crippen LogP contribution in [0.3, 0.4) is 0 Å². The van der Waals surface area contributed by atoms with Crippen LogP contribution in [0.1, 0.15) is 35.0 Å². The van der Waals surface area contributed by atoms with Crippen molar-refractivity contribution in [2.75, 3.05) is 6.54 Å². The lowest BCUT2D eigenvalue weighted by Crippen LogP contribution is -2.37. The minimum absolute atomic E-state index is 0.00552. The molecule has 1 amide bonds. The Hall–Kier alpha value is -2.58. The normalized spacial score (nSPS) is 15.4. The lowest BCUT2D eigenvalue weighted by Gasteiger charge is -2.28. The van der Waals surface area contributed by atoms with Crippen molar-refractivity contribution in [1.29, 1.82) is 0 Å². The second kappa shape index (κ2) is 7.35. The van der Waals surface area contributed by atoms with Gasteiger partial charge in [0.15, 0.2) is 0 Å². The average molecular weight is 423 g/mol. The fraction of sp³-hybridized carbons (Fsp3) is 0.300. The molecule has 2 aromatic heterocycles. The van der Waals surface area contributed by atoms with Gasteiger partial charge in [0.1, 0.15) is 5.69 Å². The second-order valence-electron chi connectivity index (χ2n) is 7.12. The van der Waals surface area contributed by atoms with Crippen LogP contribution in [0.4, 0.5) is 13.2 Å². The van der Waals surface area contributed by atoms with Gasteiger partial charge in [0.25, 0.3) is 0 Å². The molecule has 1 unspecified atom stereocenters. The zero-order valence-electron chi connectivity index (χ0n) is 15.3. The van der Waals surface area contributed by atoms with E-state index in [0.29, 0.717) is 30.1 Å². The number of alkyl halides is 3. The van der Waals surface area contributed by atoms with Crippen LogP contribution in [0.2, 0.25) is 5.02 Å². The number of hydrogen-bond donors (Lipinski definition) is 2. The lowest BCUT2D eigenvalue weighted by molar-refractivity contribution is -0.141. The van der Waals surface area contributed by atoms with E-state index in [1.807, 2.05) is 18.2 Å². The van der Waals surface area contributed by atoms with Gasteiger partial charge in [0.05, 0.1) is 6.54 Å². The van der Waals surface area contributed by atoms with Crippen LogP contribution in [0, 0.1) is 0 Å². The minimum atomic E-state index is -4.51. The zero-order chi connectivity index (χ0) is 20.8. The molecule has 3 aromatic rings. The Kier molecular flexibility index (Phi) is 5.00. The fourth-order valence-corrected chi connectivity index (χ4v) is 3.83. The molecular formula is C20H18ClF3N4O. The van der Waals surface area contributed by atoms with Crippen LogP contribution in [-0.2, 0) is 23.9 Å². The van der Waals surface area contributed by atoms with Crippen molar-refractivity contribution < 1.29 is 18.0 Å². The molecule has 9 heteroatoms. The highest BCUT2D eigenvalue weighted by Gasteiger charge is 2.32. The Morgan fingerprint density at radius 3 is 2.79 bits per heavy atom. The van der Waals surface area contributed by atoms with Gasteiger partial charge in [-0.1, -0.05) is 17.7 Å². The Morgan fingerprint density at radius 1 is 1.31 bits per heavy atom. The number of carbonyl (C=O) groups is 1. The number of halogens is 4. The first kappa shape index (κ1) is 19.7. The number of nitrogens with zero attached hydrogens (tertiary/aromatic N) is 2. The number of amides is 1. The summed E-state index contributed by atoms with van der Waals surface area (Å²) in [6.45, 7) is 0.974. The van der Waals surface area contributed by atoms with Crippen LogP contribution in [0.25, 0.3) is 10.9 Å². The molecule has 5 nitrogen and oxygen atoms in total. The highest BCUT2D eigenvalue weighted by atomic mass is 35.5. The molecule has 1 aliphatic rings. The van der Waals surface area contributed by atoms with Crippen LogP contribution < -0.4 is 5.73 Å². The number of aromatic nitrogens is 2. The Bertz CT molecular complexity index is 1060. The van der Waals surface area contributed by atoms with Crippen molar-refractivity contribution in [3.63, 3.8) is 0 Å². The third-order valence-electron chi connectivity index (χ3n) is 5.19. The molecule has 0 bridgehead atoms. The minimum Gasteiger partial charge on any atom is -0.357 e. The van der Waals surface area contributed by atoms with E-state index >= 15 is 0 Å². The molecule has 29 heavy (non-hydrogen) atoms. The molecule has 4 rings (SSSR count). The topological polar surface area (TPSA) is 75.0 Å². The predicted molar refractivity (Wildman–Crippen MR) is 103 cm³/mol. The van der Waals surface area contributed by atoms with Crippen LogP contribution in [0.15, 0.2) is 36.5 Å². The van der Waals surface area contributed by atoms with Crippen LogP contribution in [0.5, 0.6) is 0 Å². The van der Waals surface area contributed by atoms with Gasteiger partial charge in [-0.3, -0.25) is 9.78 Å². The Morgan fingerprint density at radius 2 is 2.10 bits per heavy atom. The van der Waals surface area contributed by atoms with E-state index in [1.54, 1.807) is 4.90 Å². The third-order valence-corrected chi connectivity index (χ3v) is 5.42. The number of nitrogens with two attached hydrogens (primary N) is 1. The maximum atomic E-state index is 12.7. The Balaban J connectivity index is 1.45. The summed E-state index contributed by atoms with van der Waals surface area (Å²) in [5.74, 6) is -0.153. The number of rotatable bonds is 3. The smallest absolute Gasteiger partial charge is 0.357 e. The van der Waals surface area contributed by atoms with Gasteiger partial charge in [0.2, 0.25) is 5.91 Å². The van der Waals surface area contributed by atoms with E-state index in [0.717, 1.165) is 34.4 Å². The summed E-state index contributed by atoms with van der Waals surface area (Å²) >= 11 is 6.09. The average Bonchev–Trinajstić information content (AvgIpc) is 3.04. The van der Waals surface area contributed by atoms with Gasteiger partial charge in [-0.05, 0) is 41.8 Å². The van der Waals surface area contributed by atoms with Crippen molar-refractivity contribution in [2.24, 2.45) is 5.73 Å². The summed E-state index contributed by atoms with van der Waals surface area (Å²) in [6, 6.07) is 7.06. The highest BCUT2D eigenvalue weighted by molar-refractivity contribution is 6.31. The number of fused-ring (bicyclic) bond motifs is 3. The number of carbonyl (C=O) groups excluding carboxylic acids is 1. The van der Waals surface area contributed by atoms with E-state index in [4.69, 9.17) is 17.3 Å². The van der Waals surface area contributed by atoms with Crippen molar-refractivity contribution in [1.82, 2.24) is 14.9 Å². The molecule has 1 aromatic carbocycles. The van der Waals surface area contributed by atoms with Crippen LogP contribution >= 0.6 is 11.6 Å². The van der Waals surface area contributed by atoms with Crippen LogP contribution in [-0.4, -0.2) is 27.3 Å². The van der Waals surface area contributed by atoms with Crippen molar-refractivity contribution in [3.8, 4) is 0 Å². The number of hydrogen-bond acceptors (Lipinski definition) is 3. The molecule has 0 spiro atoms. The monoisotopic (exact) mass is 422 g/mol. The molecule has 3 N–H and O–H groups in total. The molecule has 152 valence electrons. The standard InChI is InChI=1S/C20H18ClF3N4O/c21-12-2-3-16-14(7-12)13-5-6-28(10-17(13)27-16)19(29)8-15(25)11-1-4-18(26-9-11)20(22,23)24/h1-4,7,9,15,27H,5-6,8,10,25H2. The summed E-state index contributed by atoms with van der Waals surface area (Å²) in [7, 11) is 0. The van der Waals surface area contributed by atoms with E-state index in [9.17, 15) is 18.0 Å². The summed E-state index contributed by atoms with van der Waals surface area (Å²) in [6.07, 6.45) is -2.74. The molecule has 0 saturated heterocycles. The first-order valence-corrected chi connectivity index (χ1v) is 9.45. The van der Waals surface area contributed by atoms with Gasteiger partial charge in [-0.2, -0.15) is 13.2 Å². The largest absolute Gasteiger partial charge is 0.433 e. The number of aromatic amines is 1. The van der Waals surface area contributed by atoms with Crippen molar-refractivity contribution >= 4 is 28.4 Å². The molecule has 0 radical (unpaired) electrons. The quantitative estimate of drug-likeness (QED) is 0.664. The van der Waals surface area contributed by atoms with Gasteiger partial charge in [-0.15, -0.1) is 0 Å². The maximum absolute atomic E-state index is 12.7.